The van der Waals surface area contributed by atoms with Crippen molar-refractivity contribution in [3.8, 4) is 0 Å². The Balaban J connectivity index is 2.05. The van der Waals surface area contributed by atoms with Gasteiger partial charge < -0.3 is 5.32 Å². The van der Waals surface area contributed by atoms with Gasteiger partial charge in [-0.2, -0.15) is 0 Å². The second-order valence-corrected chi connectivity index (χ2v) is 6.48. The zero-order valence-electron chi connectivity index (χ0n) is 12.1. The maximum atomic E-state index is 5.91. The van der Waals surface area contributed by atoms with Gasteiger partial charge in [-0.25, -0.2) is 0 Å². The van der Waals surface area contributed by atoms with Gasteiger partial charge in [-0.15, -0.1) is 11.8 Å². The van der Waals surface area contributed by atoms with Crippen LogP contribution >= 0.6 is 23.4 Å². The van der Waals surface area contributed by atoms with Crippen LogP contribution in [0.25, 0.3) is 0 Å². The smallest absolute Gasteiger partial charge is 0.0413 e. The van der Waals surface area contributed by atoms with E-state index in [2.05, 4.69) is 49.5 Å². The molecule has 0 amide bonds. The third-order valence-electron chi connectivity index (χ3n) is 3.51. The van der Waals surface area contributed by atoms with Gasteiger partial charge in [-0.1, -0.05) is 29.8 Å². The Labute approximate surface area is 130 Å². The lowest BCUT2D eigenvalue weighted by atomic mass is 10.0. The molecule has 0 aliphatic heterocycles. The van der Waals surface area contributed by atoms with Crippen LogP contribution in [0.5, 0.6) is 0 Å². The van der Waals surface area contributed by atoms with E-state index in [1.807, 2.05) is 30.9 Å². The number of thioether (sulfide) groups is 1. The van der Waals surface area contributed by atoms with E-state index in [0.29, 0.717) is 6.04 Å². The van der Waals surface area contributed by atoms with Crippen LogP contribution in [-0.4, -0.2) is 12.8 Å². The Kier molecular flexibility index (Phi) is 5.53. The highest BCUT2D eigenvalue weighted by molar-refractivity contribution is 7.99. The number of aryl methyl sites for hydroxylation is 2. The minimum Gasteiger partial charge on any atom is -0.312 e. The molecule has 0 radical (unpaired) electrons. The summed E-state index contributed by atoms with van der Waals surface area (Å²) < 4.78 is 0. The third-order valence-corrected chi connectivity index (χ3v) is 4.87. The summed E-state index contributed by atoms with van der Waals surface area (Å²) in [4.78, 5) is 1.25. The number of benzene rings is 2. The maximum Gasteiger partial charge on any atom is 0.0413 e. The van der Waals surface area contributed by atoms with Crippen molar-refractivity contribution in [2.24, 2.45) is 0 Å². The van der Waals surface area contributed by atoms with Gasteiger partial charge in [-0.05, 0) is 61.9 Å². The van der Waals surface area contributed by atoms with Crippen LogP contribution in [0.1, 0.15) is 22.7 Å². The number of nitrogens with one attached hydrogen (secondary N) is 1. The molecule has 2 aromatic rings. The molecular weight excluding hydrogens is 286 g/mol. The fourth-order valence-corrected chi connectivity index (χ4v) is 3.21. The molecule has 1 N–H and O–H groups in total. The van der Waals surface area contributed by atoms with Crippen molar-refractivity contribution in [2.45, 2.75) is 24.8 Å². The normalized spacial score (nSPS) is 12.4. The van der Waals surface area contributed by atoms with Crippen LogP contribution in [0, 0.1) is 13.8 Å². The van der Waals surface area contributed by atoms with E-state index in [1.54, 1.807) is 0 Å². The maximum absolute atomic E-state index is 5.91. The van der Waals surface area contributed by atoms with Crippen LogP contribution in [0.2, 0.25) is 5.02 Å². The molecule has 0 aromatic heterocycles. The monoisotopic (exact) mass is 305 g/mol. The van der Waals surface area contributed by atoms with Crippen molar-refractivity contribution in [3.63, 3.8) is 0 Å². The lowest BCUT2D eigenvalue weighted by molar-refractivity contribution is 0.661. The molecule has 2 rings (SSSR count). The summed E-state index contributed by atoms with van der Waals surface area (Å²) in [5.74, 6) is 1.00. The first-order valence-corrected chi connectivity index (χ1v) is 8.09. The molecule has 2 aromatic carbocycles. The van der Waals surface area contributed by atoms with Crippen molar-refractivity contribution in [2.75, 3.05) is 12.8 Å². The van der Waals surface area contributed by atoms with Crippen molar-refractivity contribution >= 4 is 23.4 Å². The standard InChI is InChI=1S/C17H20ClNS/c1-12-4-5-14(10-13(12)2)17(19-3)11-20-16-8-6-15(18)7-9-16/h4-10,17,19H,11H2,1-3H3. The number of rotatable bonds is 5. The molecule has 0 fully saturated rings. The molecule has 1 atom stereocenters. The van der Waals surface area contributed by atoms with E-state index < -0.39 is 0 Å². The van der Waals surface area contributed by atoms with Gasteiger partial charge >= 0.3 is 0 Å². The van der Waals surface area contributed by atoms with Crippen molar-refractivity contribution < 1.29 is 0 Å². The molecule has 0 spiro atoms. The minimum absolute atomic E-state index is 0.356. The highest BCUT2D eigenvalue weighted by Gasteiger charge is 2.10. The first-order valence-electron chi connectivity index (χ1n) is 6.73. The van der Waals surface area contributed by atoms with Crippen LogP contribution in [0.3, 0.4) is 0 Å². The Bertz CT molecular complexity index is 566. The highest BCUT2D eigenvalue weighted by Crippen LogP contribution is 2.26. The predicted molar refractivity (Wildman–Crippen MR) is 89.9 cm³/mol. The van der Waals surface area contributed by atoms with Crippen LogP contribution < -0.4 is 5.32 Å². The lowest BCUT2D eigenvalue weighted by Crippen LogP contribution is -2.18. The van der Waals surface area contributed by atoms with E-state index in [9.17, 15) is 0 Å². The first-order chi connectivity index (χ1) is 9.60. The molecule has 0 aliphatic rings. The zero-order chi connectivity index (χ0) is 14.5. The molecule has 0 heterocycles. The SMILES string of the molecule is CNC(CSc1ccc(Cl)cc1)c1ccc(C)c(C)c1. The molecule has 3 heteroatoms. The number of halogens is 1. The molecule has 1 nitrogen and oxygen atoms in total. The number of hydrogen-bond acceptors (Lipinski definition) is 2. The van der Waals surface area contributed by atoms with Gasteiger partial charge in [0.25, 0.3) is 0 Å². The van der Waals surface area contributed by atoms with E-state index in [0.717, 1.165) is 10.8 Å². The fraction of sp³-hybridized carbons (Fsp3) is 0.294. The molecular formula is C17H20ClNS. The fourth-order valence-electron chi connectivity index (χ4n) is 2.04. The predicted octanol–water partition coefficient (Wildman–Crippen LogP) is 5.01. The minimum atomic E-state index is 0.356. The van der Waals surface area contributed by atoms with E-state index >= 15 is 0 Å². The lowest BCUT2D eigenvalue weighted by Gasteiger charge is -2.17. The summed E-state index contributed by atoms with van der Waals surface area (Å²) in [6.07, 6.45) is 0. The van der Waals surface area contributed by atoms with Gasteiger partial charge in [0.15, 0.2) is 0 Å². The number of hydrogen-bond donors (Lipinski definition) is 1. The van der Waals surface area contributed by atoms with Crippen molar-refractivity contribution in [3.05, 3.63) is 64.2 Å². The van der Waals surface area contributed by atoms with Gasteiger partial charge in [0, 0.05) is 21.7 Å². The summed E-state index contributed by atoms with van der Waals surface area (Å²) in [6.45, 7) is 4.31. The first kappa shape index (κ1) is 15.4. The molecule has 0 aliphatic carbocycles. The van der Waals surface area contributed by atoms with Crippen LogP contribution in [0.15, 0.2) is 47.4 Å². The molecule has 106 valence electrons. The van der Waals surface area contributed by atoms with Gasteiger partial charge in [0.05, 0.1) is 0 Å². The Morgan fingerprint density at radius 2 is 1.75 bits per heavy atom. The van der Waals surface area contributed by atoms with E-state index in [1.165, 1.54) is 21.6 Å². The average molecular weight is 306 g/mol. The van der Waals surface area contributed by atoms with E-state index in [4.69, 9.17) is 11.6 Å². The Morgan fingerprint density at radius 3 is 2.35 bits per heavy atom. The largest absolute Gasteiger partial charge is 0.312 e. The van der Waals surface area contributed by atoms with Crippen molar-refractivity contribution in [1.29, 1.82) is 0 Å². The van der Waals surface area contributed by atoms with Gasteiger partial charge in [0.1, 0.15) is 0 Å². The Hall–Kier alpha value is -0.960. The highest BCUT2D eigenvalue weighted by atomic mass is 35.5. The molecule has 20 heavy (non-hydrogen) atoms. The molecule has 1 unspecified atom stereocenters. The summed E-state index contributed by atoms with van der Waals surface area (Å²) in [6, 6.07) is 15.1. The topological polar surface area (TPSA) is 12.0 Å². The summed E-state index contributed by atoms with van der Waals surface area (Å²) in [5, 5.41) is 4.19. The van der Waals surface area contributed by atoms with Crippen molar-refractivity contribution in [1.82, 2.24) is 5.32 Å². The molecule has 0 bridgehead atoms. The van der Waals surface area contributed by atoms with Gasteiger partial charge in [0.2, 0.25) is 0 Å². The average Bonchev–Trinajstić information content (AvgIpc) is 2.45. The summed E-state index contributed by atoms with van der Waals surface area (Å²) >= 11 is 7.75. The second-order valence-electron chi connectivity index (χ2n) is 4.95. The van der Waals surface area contributed by atoms with Crippen LogP contribution in [0.4, 0.5) is 0 Å². The quantitative estimate of drug-likeness (QED) is 0.779. The van der Waals surface area contributed by atoms with Gasteiger partial charge in [-0.3, -0.25) is 0 Å². The van der Waals surface area contributed by atoms with Crippen LogP contribution in [-0.2, 0) is 0 Å². The summed E-state index contributed by atoms with van der Waals surface area (Å²) in [7, 11) is 2.02. The van der Waals surface area contributed by atoms with E-state index in [-0.39, 0.29) is 0 Å². The Morgan fingerprint density at radius 1 is 1.05 bits per heavy atom. The second kappa shape index (κ2) is 7.16. The molecule has 0 saturated carbocycles. The zero-order valence-corrected chi connectivity index (χ0v) is 13.7. The third kappa shape index (κ3) is 4.02. The molecule has 0 saturated heterocycles. The summed E-state index contributed by atoms with van der Waals surface area (Å²) in [5.41, 5.74) is 4.03.